The van der Waals surface area contributed by atoms with Crippen LogP contribution in [0.4, 0.5) is 0 Å². The molecule has 1 heterocycles. The summed E-state index contributed by atoms with van der Waals surface area (Å²) >= 11 is 0. The molecule has 0 bridgehead atoms. The van der Waals surface area contributed by atoms with E-state index >= 15 is 0 Å². The Bertz CT molecular complexity index is 1260. The summed E-state index contributed by atoms with van der Waals surface area (Å²) in [7, 11) is 0. The molecule has 0 saturated heterocycles. The Morgan fingerprint density at radius 2 is 1.94 bits per heavy atom. The zero-order valence-electron chi connectivity index (χ0n) is 19.6. The summed E-state index contributed by atoms with van der Waals surface area (Å²) in [5, 5.41) is 0. The number of carbonyl (C=O) groups is 2. The second-order valence-corrected chi connectivity index (χ2v) is 8.18. The number of aldehydes is 1. The van der Waals surface area contributed by atoms with Crippen LogP contribution in [-0.2, 0) is 26.5 Å². The van der Waals surface area contributed by atoms with Crippen molar-refractivity contribution in [2.75, 3.05) is 6.61 Å². The monoisotopic (exact) mass is 465 g/mol. The fraction of sp³-hybridized carbons (Fsp3) is 0.167. The third kappa shape index (κ3) is 5.89. The van der Waals surface area contributed by atoms with Crippen LogP contribution in [0.2, 0.25) is 0 Å². The van der Waals surface area contributed by atoms with Gasteiger partial charge >= 0.3 is 5.97 Å². The summed E-state index contributed by atoms with van der Waals surface area (Å²) in [6, 6.07) is 21.3. The molecule has 1 unspecified atom stereocenters. The number of aromatic nitrogens is 1. The average molecular weight is 466 g/mol. The highest BCUT2D eigenvalue weighted by atomic mass is 16.5. The van der Waals surface area contributed by atoms with Crippen LogP contribution in [0.15, 0.2) is 109 Å². The number of pyridine rings is 1. The molecule has 0 fully saturated rings. The third-order valence-electron chi connectivity index (χ3n) is 5.85. The molecule has 176 valence electrons. The van der Waals surface area contributed by atoms with Gasteiger partial charge in [-0.05, 0) is 47.4 Å². The smallest absolute Gasteiger partial charge is 0.330 e. The zero-order valence-corrected chi connectivity index (χ0v) is 19.6. The minimum Gasteiger partial charge on any atom is -0.463 e. The van der Waals surface area contributed by atoms with E-state index in [1.807, 2.05) is 72.8 Å². The first-order chi connectivity index (χ1) is 17.1. The largest absolute Gasteiger partial charge is 0.463 e. The van der Waals surface area contributed by atoms with Crippen molar-refractivity contribution < 1.29 is 19.1 Å². The molecule has 1 aliphatic rings. The lowest BCUT2D eigenvalue weighted by atomic mass is 9.79. The number of benzene rings is 2. The van der Waals surface area contributed by atoms with Crippen molar-refractivity contribution in [2.24, 2.45) is 0 Å². The molecule has 2 aromatic carbocycles. The quantitative estimate of drug-likeness (QED) is 0.226. The Kier molecular flexibility index (Phi) is 7.81. The van der Waals surface area contributed by atoms with E-state index in [2.05, 4.69) is 4.98 Å². The Morgan fingerprint density at radius 1 is 1.09 bits per heavy atom. The number of allylic oxidation sites excluding steroid dienone is 3. The lowest BCUT2D eigenvalue weighted by molar-refractivity contribution is -0.137. The summed E-state index contributed by atoms with van der Waals surface area (Å²) in [5.41, 5.74) is 4.46. The molecule has 1 aromatic heterocycles. The summed E-state index contributed by atoms with van der Waals surface area (Å²) < 4.78 is 11.7. The van der Waals surface area contributed by atoms with Gasteiger partial charge in [0.05, 0.1) is 13.2 Å². The highest BCUT2D eigenvalue weighted by molar-refractivity contribution is 5.87. The first-order valence-electron chi connectivity index (χ1n) is 11.5. The number of ether oxygens (including phenoxy) is 2. The van der Waals surface area contributed by atoms with Crippen LogP contribution >= 0.6 is 0 Å². The van der Waals surface area contributed by atoms with Crippen molar-refractivity contribution in [2.45, 2.75) is 25.6 Å². The van der Waals surface area contributed by atoms with Gasteiger partial charge in [0, 0.05) is 36.0 Å². The normalized spacial score (nSPS) is 17.5. The standard InChI is InChI=1S/C30H27NO4/c1-2-34-29(33)14-13-26-19-30(27-12-7-17-31-20-27,35-22-23-8-4-3-5-9-23)16-15-28(26)25-11-6-10-24(18-25)21-32/h3-18,20-21H,2,19,22H2,1H3/b14-13+. The van der Waals surface area contributed by atoms with Gasteiger partial charge < -0.3 is 9.47 Å². The minimum atomic E-state index is -0.787. The molecule has 0 aliphatic heterocycles. The van der Waals surface area contributed by atoms with Gasteiger partial charge in [-0.2, -0.15) is 0 Å². The summed E-state index contributed by atoms with van der Waals surface area (Å²) in [6.07, 6.45) is 12.1. The van der Waals surface area contributed by atoms with E-state index in [0.29, 0.717) is 25.2 Å². The van der Waals surface area contributed by atoms with Crippen molar-refractivity contribution >= 4 is 17.8 Å². The first-order valence-corrected chi connectivity index (χ1v) is 11.5. The van der Waals surface area contributed by atoms with E-state index in [4.69, 9.17) is 9.47 Å². The first kappa shape index (κ1) is 24.0. The Labute approximate surface area is 205 Å². The van der Waals surface area contributed by atoms with E-state index < -0.39 is 11.6 Å². The predicted octanol–water partition coefficient (Wildman–Crippen LogP) is 5.84. The number of rotatable bonds is 9. The number of hydrogen-bond acceptors (Lipinski definition) is 5. The van der Waals surface area contributed by atoms with Crippen LogP contribution in [0.1, 0.15) is 40.4 Å². The Balaban J connectivity index is 1.76. The molecule has 0 amide bonds. The molecular formula is C30H27NO4. The summed E-state index contributed by atoms with van der Waals surface area (Å²) in [4.78, 5) is 27.8. The van der Waals surface area contributed by atoms with Crippen molar-refractivity contribution in [3.05, 3.63) is 131 Å². The van der Waals surface area contributed by atoms with Gasteiger partial charge in [-0.25, -0.2) is 4.79 Å². The molecule has 3 aromatic rings. The van der Waals surface area contributed by atoms with E-state index in [1.165, 1.54) is 6.08 Å². The molecule has 1 aliphatic carbocycles. The highest BCUT2D eigenvalue weighted by Crippen LogP contribution is 2.42. The van der Waals surface area contributed by atoms with Gasteiger partial charge in [-0.15, -0.1) is 0 Å². The van der Waals surface area contributed by atoms with E-state index in [0.717, 1.165) is 34.1 Å². The van der Waals surface area contributed by atoms with Crippen molar-refractivity contribution in [1.29, 1.82) is 0 Å². The topological polar surface area (TPSA) is 65.5 Å². The third-order valence-corrected chi connectivity index (χ3v) is 5.85. The molecule has 0 saturated carbocycles. The molecular weight excluding hydrogens is 438 g/mol. The van der Waals surface area contributed by atoms with Gasteiger partial charge in [0.2, 0.25) is 0 Å². The van der Waals surface area contributed by atoms with Crippen molar-refractivity contribution in [3.63, 3.8) is 0 Å². The van der Waals surface area contributed by atoms with Gasteiger partial charge in [0.25, 0.3) is 0 Å². The molecule has 0 radical (unpaired) electrons. The Morgan fingerprint density at radius 3 is 2.69 bits per heavy atom. The second kappa shape index (κ2) is 11.4. The average Bonchev–Trinajstić information content (AvgIpc) is 2.92. The molecule has 0 spiro atoms. The molecule has 1 atom stereocenters. The lowest BCUT2D eigenvalue weighted by Crippen LogP contribution is -2.30. The number of hydrogen-bond donors (Lipinski definition) is 0. The van der Waals surface area contributed by atoms with Gasteiger partial charge in [0.1, 0.15) is 11.9 Å². The van der Waals surface area contributed by atoms with Crippen LogP contribution in [0, 0.1) is 0 Å². The van der Waals surface area contributed by atoms with Gasteiger partial charge in [0.15, 0.2) is 0 Å². The maximum Gasteiger partial charge on any atom is 0.330 e. The number of nitrogens with zero attached hydrogens (tertiary/aromatic N) is 1. The maximum atomic E-state index is 12.1. The number of carbonyl (C=O) groups excluding carboxylic acids is 2. The van der Waals surface area contributed by atoms with E-state index in [-0.39, 0.29) is 0 Å². The van der Waals surface area contributed by atoms with Crippen LogP contribution in [-0.4, -0.2) is 23.8 Å². The predicted molar refractivity (Wildman–Crippen MR) is 135 cm³/mol. The molecule has 35 heavy (non-hydrogen) atoms. The zero-order chi connectivity index (χ0) is 24.5. The van der Waals surface area contributed by atoms with Gasteiger partial charge in [-0.3, -0.25) is 9.78 Å². The number of esters is 1. The molecule has 5 heteroatoms. The van der Waals surface area contributed by atoms with E-state index in [9.17, 15) is 9.59 Å². The maximum absolute atomic E-state index is 12.1. The summed E-state index contributed by atoms with van der Waals surface area (Å²) in [5.74, 6) is -0.410. The molecule has 5 nitrogen and oxygen atoms in total. The fourth-order valence-electron chi connectivity index (χ4n) is 4.11. The van der Waals surface area contributed by atoms with Crippen LogP contribution in [0.3, 0.4) is 0 Å². The Hall–Kier alpha value is -4.09. The summed E-state index contributed by atoms with van der Waals surface area (Å²) in [6.45, 7) is 2.48. The van der Waals surface area contributed by atoms with Crippen LogP contribution in [0.5, 0.6) is 0 Å². The molecule has 0 N–H and O–H groups in total. The van der Waals surface area contributed by atoms with Crippen molar-refractivity contribution in [1.82, 2.24) is 4.98 Å². The fourth-order valence-corrected chi connectivity index (χ4v) is 4.11. The van der Waals surface area contributed by atoms with Crippen LogP contribution < -0.4 is 0 Å². The minimum absolute atomic E-state index is 0.302. The van der Waals surface area contributed by atoms with Gasteiger partial charge in [-0.1, -0.05) is 66.7 Å². The molecule has 4 rings (SSSR count). The lowest BCUT2D eigenvalue weighted by Gasteiger charge is -2.35. The highest BCUT2D eigenvalue weighted by Gasteiger charge is 2.35. The SMILES string of the molecule is CCOC(=O)/C=C/C1=C(c2cccc(C=O)c2)C=CC(OCc2ccccc2)(c2cccnc2)C1. The van der Waals surface area contributed by atoms with E-state index in [1.54, 1.807) is 31.5 Å². The van der Waals surface area contributed by atoms with Crippen molar-refractivity contribution in [3.8, 4) is 0 Å². The van der Waals surface area contributed by atoms with Crippen LogP contribution in [0.25, 0.3) is 5.57 Å². The second-order valence-electron chi connectivity index (χ2n) is 8.18.